The molecule has 0 radical (unpaired) electrons. The zero-order valence-electron chi connectivity index (χ0n) is 26.4. The predicted molar refractivity (Wildman–Crippen MR) is 185 cm³/mol. The van der Waals surface area contributed by atoms with E-state index in [9.17, 15) is 14.4 Å². The standard InChI is InChI=1S/C35H41N7O3.ClH/c1-19(2)32-38-29-14-20(3)26(17-31(29)39-32)23-8-4-21(5-9-23)15-27(37)34(44)42(33(43)24-10-6-22(18-36)7-11-24)25-12-13-28-30(16-25)41-35(45)40-28;/h4-5,8-9,12-14,16-17,19,22,24,27H,6-7,10-11,15,18,36-37H2,1-3H3,(H,38,39)(H2,40,41,45);1H/t22-,24-,27-;/m0./s1. The smallest absolute Gasteiger partial charge is 0.323 e. The highest BCUT2D eigenvalue weighted by molar-refractivity contribution is 6.17. The Morgan fingerprint density at radius 3 is 2.30 bits per heavy atom. The SMILES string of the molecule is Cc1cc2[nH]c(C(C)C)nc2cc1-c1ccc(C[C@H](N)C(=O)N(c2ccc3[nH]c(=O)[nH]c3c2)C(=O)[C@H]2CC[C@H](CN)CC2)cc1.Cl. The number of amides is 2. The van der Waals surface area contributed by atoms with Crippen LogP contribution >= 0.6 is 12.4 Å². The molecule has 1 aliphatic rings. The highest BCUT2D eigenvalue weighted by Crippen LogP contribution is 2.32. The van der Waals surface area contributed by atoms with E-state index in [0.717, 1.165) is 52.0 Å². The highest BCUT2D eigenvalue weighted by atomic mass is 35.5. The second kappa shape index (κ2) is 13.6. The van der Waals surface area contributed by atoms with E-state index in [-0.39, 0.29) is 36.3 Å². The van der Waals surface area contributed by atoms with Gasteiger partial charge < -0.3 is 26.4 Å². The summed E-state index contributed by atoms with van der Waals surface area (Å²) in [5, 5.41) is 0. The highest BCUT2D eigenvalue weighted by Gasteiger charge is 2.35. The van der Waals surface area contributed by atoms with Crippen LogP contribution in [0.1, 0.15) is 62.4 Å². The molecule has 10 nitrogen and oxygen atoms in total. The molecule has 0 saturated heterocycles. The number of imide groups is 1. The van der Waals surface area contributed by atoms with E-state index in [4.69, 9.17) is 16.5 Å². The molecule has 5 aromatic rings. The second-order valence-corrected chi connectivity index (χ2v) is 12.7. The molecule has 46 heavy (non-hydrogen) atoms. The average molecular weight is 644 g/mol. The monoisotopic (exact) mass is 643 g/mol. The minimum absolute atomic E-state index is 0. The van der Waals surface area contributed by atoms with Gasteiger partial charge >= 0.3 is 5.69 Å². The van der Waals surface area contributed by atoms with Crippen molar-refractivity contribution >= 4 is 52.0 Å². The number of nitrogens with one attached hydrogen (secondary N) is 3. The lowest BCUT2D eigenvalue weighted by Crippen LogP contribution is -2.50. The molecule has 6 rings (SSSR count). The number of fused-ring (bicyclic) bond motifs is 2. The molecule has 1 aliphatic carbocycles. The van der Waals surface area contributed by atoms with Crippen LogP contribution in [-0.2, 0) is 16.0 Å². The van der Waals surface area contributed by atoms with Gasteiger partial charge in [-0.2, -0.15) is 0 Å². The maximum absolute atomic E-state index is 14.0. The molecule has 11 heteroatoms. The Balaban J connectivity index is 0.00000417. The van der Waals surface area contributed by atoms with E-state index in [1.54, 1.807) is 18.2 Å². The van der Waals surface area contributed by atoms with Crippen molar-refractivity contribution in [1.82, 2.24) is 19.9 Å². The molecule has 2 amide bonds. The van der Waals surface area contributed by atoms with Crippen molar-refractivity contribution in [2.75, 3.05) is 11.4 Å². The van der Waals surface area contributed by atoms with Gasteiger partial charge in [-0.15, -0.1) is 12.4 Å². The summed E-state index contributed by atoms with van der Waals surface area (Å²) in [7, 11) is 0. The molecule has 3 aromatic carbocycles. The number of hydrogen-bond acceptors (Lipinski definition) is 6. The van der Waals surface area contributed by atoms with Gasteiger partial charge in [-0.25, -0.2) is 14.7 Å². The topological polar surface area (TPSA) is 167 Å². The van der Waals surface area contributed by atoms with Crippen LogP contribution in [0.15, 0.2) is 59.4 Å². The molecule has 2 aromatic heterocycles. The van der Waals surface area contributed by atoms with E-state index in [2.05, 4.69) is 47.9 Å². The van der Waals surface area contributed by atoms with Crippen LogP contribution in [0.25, 0.3) is 33.2 Å². The van der Waals surface area contributed by atoms with Gasteiger partial charge in [0, 0.05) is 11.8 Å². The molecule has 0 unspecified atom stereocenters. The molecule has 0 bridgehead atoms. The molecular weight excluding hydrogens is 602 g/mol. The number of aromatic amines is 3. The molecule has 1 fully saturated rings. The quantitative estimate of drug-likeness (QED) is 0.151. The first-order chi connectivity index (χ1) is 21.6. The van der Waals surface area contributed by atoms with Crippen LogP contribution in [0.2, 0.25) is 0 Å². The van der Waals surface area contributed by atoms with Crippen LogP contribution in [0.5, 0.6) is 0 Å². The number of rotatable bonds is 8. The second-order valence-electron chi connectivity index (χ2n) is 12.7. The van der Waals surface area contributed by atoms with E-state index < -0.39 is 11.9 Å². The lowest BCUT2D eigenvalue weighted by Gasteiger charge is -2.32. The van der Waals surface area contributed by atoms with Crippen molar-refractivity contribution in [3.63, 3.8) is 0 Å². The van der Waals surface area contributed by atoms with Gasteiger partial charge in [0.15, 0.2) is 0 Å². The summed E-state index contributed by atoms with van der Waals surface area (Å²) in [5.41, 5.74) is 19.7. The maximum atomic E-state index is 14.0. The largest absolute Gasteiger partial charge is 0.342 e. The van der Waals surface area contributed by atoms with Crippen molar-refractivity contribution in [2.24, 2.45) is 23.3 Å². The molecule has 7 N–H and O–H groups in total. The number of anilines is 1. The molecule has 1 saturated carbocycles. The summed E-state index contributed by atoms with van der Waals surface area (Å²) in [6.07, 6.45) is 3.31. The minimum atomic E-state index is -0.947. The number of benzene rings is 3. The number of carbonyl (C=O) groups excluding carboxylic acids is 2. The van der Waals surface area contributed by atoms with Gasteiger partial charge in [-0.05, 0) is 104 Å². The van der Waals surface area contributed by atoms with Crippen molar-refractivity contribution in [2.45, 2.75) is 64.8 Å². The Kier molecular flexibility index (Phi) is 9.81. The zero-order chi connectivity index (χ0) is 31.8. The average Bonchev–Trinajstić information content (AvgIpc) is 3.63. The van der Waals surface area contributed by atoms with Gasteiger partial charge in [0.1, 0.15) is 5.82 Å². The predicted octanol–water partition coefficient (Wildman–Crippen LogP) is 5.45. The summed E-state index contributed by atoms with van der Waals surface area (Å²) < 4.78 is 0. The number of aryl methyl sites for hydroxylation is 1. The normalized spacial score (nSPS) is 17.3. The van der Waals surface area contributed by atoms with Crippen molar-refractivity contribution in [1.29, 1.82) is 0 Å². The fourth-order valence-corrected chi connectivity index (χ4v) is 6.45. The van der Waals surface area contributed by atoms with E-state index in [1.807, 2.05) is 24.3 Å². The Labute approximate surface area is 273 Å². The first-order valence-corrected chi connectivity index (χ1v) is 15.8. The number of halogens is 1. The summed E-state index contributed by atoms with van der Waals surface area (Å²) in [5.74, 6) is 0.646. The zero-order valence-corrected chi connectivity index (χ0v) is 27.2. The molecule has 2 heterocycles. The van der Waals surface area contributed by atoms with Crippen LogP contribution in [0, 0.1) is 18.8 Å². The number of H-pyrrole nitrogens is 3. The molecule has 1 atom stereocenters. The Morgan fingerprint density at radius 2 is 1.63 bits per heavy atom. The van der Waals surface area contributed by atoms with Gasteiger partial charge in [0.25, 0.3) is 5.91 Å². The summed E-state index contributed by atoms with van der Waals surface area (Å²) in [6.45, 7) is 6.91. The number of aromatic nitrogens is 4. The number of nitrogens with zero attached hydrogens (tertiary/aromatic N) is 2. The van der Waals surface area contributed by atoms with Crippen LogP contribution in [0.4, 0.5) is 5.69 Å². The van der Waals surface area contributed by atoms with Crippen LogP contribution < -0.4 is 22.1 Å². The van der Waals surface area contributed by atoms with Crippen molar-refractivity contribution in [3.8, 4) is 11.1 Å². The first kappa shape index (κ1) is 33.1. The summed E-state index contributed by atoms with van der Waals surface area (Å²) in [6, 6.07) is 16.3. The lowest BCUT2D eigenvalue weighted by atomic mass is 9.81. The summed E-state index contributed by atoms with van der Waals surface area (Å²) >= 11 is 0. The fourth-order valence-electron chi connectivity index (χ4n) is 6.45. The Bertz CT molecular complexity index is 1920. The third kappa shape index (κ3) is 6.65. The van der Waals surface area contributed by atoms with E-state index >= 15 is 0 Å². The van der Waals surface area contributed by atoms with Crippen molar-refractivity contribution < 1.29 is 9.59 Å². The Hall–Kier alpha value is -4.25. The number of carbonyl (C=O) groups is 2. The fraction of sp³-hybridized carbons (Fsp3) is 0.371. The van der Waals surface area contributed by atoms with Crippen LogP contribution in [0.3, 0.4) is 0 Å². The van der Waals surface area contributed by atoms with E-state index in [0.29, 0.717) is 47.9 Å². The van der Waals surface area contributed by atoms with Gasteiger partial charge in [0.05, 0.1) is 33.8 Å². The number of hydrogen-bond donors (Lipinski definition) is 5. The molecule has 0 spiro atoms. The number of imidazole rings is 2. The van der Waals surface area contributed by atoms with Crippen molar-refractivity contribution in [3.05, 3.63) is 82.0 Å². The molecular formula is C35H42ClN7O3. The molecule has 242 valence electrons. The van der Waals surface area contributed by atoms with E-state index in [1.165, 1.54) is 4.90 Å². The third-order valence-corrected chi connectivity index (χ3v) is 9.16. The lowest BCUT2D eigenvalue weighted by molar-refractivity contribution is -0.130. The van der Waals surface area contributed by atoms with Crippen LogP contribution in [-0.4, -0.2) is 44.3 Å². The Morgan fingerprint density at radius 1 is 0.935 bits per heavy atom. The minimum Gasteiger partial charge on any atom is -0.342 e. The van der Waals surface area contributed by atoms with Gasteiger partial charge in [0.2, 0.25) is 5.91 Å². The third-order valence-electron chi connectivity index (χ3n) is 9.16. The maximum Gasteiger partial charge on any atom is 0.323 e. The number of nitrogens with two attached hydrogens (primary N) is 2. The summed E-state index contributed by atoms with van der Waals surface area (Å²) in [4.78, 5) is 54.6. The molecule has 0 aliphatic heterocycles. The van der Waals surface area contributed by atoms with Gasteiger partial charge in [-0.1, -0.05) is 38.1 Å². The van der Waals surface area contributed by atoms with Gasteiger partial charge in [-0.3, -0.25) is 9.59 Å². The first-order valence-electron chi connectivity index (χ1n) is 15.8.